The van der Waals surface area contributed by atoms with E-state index >= 15 is 0 Å². The number of aryl methyl sites for hydroxylation is 1. The Labute approximate surface area is 157 Å². The normalized spacial score (nSPS) is 24.6. The van der Waals surface area contributed by atoms with Crippen LogP contribution >= 0.6 is 23.2 Å². The van der Waals surface area contributed by atoms with Gasteiger partial charge >= 0.3 is 28.9 Å². The zero-order valence-corrected chi connectivity index (χ0v) is 17.1. The molecule has 0 aliphatic heterocycles. The molecule has 1 heterocycles. The highest BCUT2D eigenvalue weighted by molar-refractivity contribution is 7.68. The summed E-state index contributed by atoms with van der Waals surface area (Å²) in [5, 5.41) is 0. The first-order valence-corrected chi connectivity index (χ1v) is 12.5. The van der Waals surface area contributed by atoms with Crippen LogP contribution in [-0.4, -0.2) is 41.6 Å². The lowest BCUT2D eigenvalue weighted by Crippen LogP contribution is -2.32. The van der Waals surface area contributed by atoms with Crippen molar-refractivity contribution < 1.29 is 46.6 Å². The van der Waals surface area contributed by atoms with Gasteiger partial charge in [0.05, 0.1) is 6.10 Å². The number of rotatable bonds is 8. The summed E-state index contributed by atoms with van der Waals surface area (Å²) in [6.45, 7) is 1.53. The SMILES string of the molecule is Cc1cn(C2CC[C@@H](OCP(=O)(O)OP(=O)(O)OP(=O)(O)O)C2)c(=O)[nH]c1=O. The number of hydrogen-bond donors (Lipinski definition) is 5. The molecule has 0 radical (unpaired) electrons. The number of nitrogens with one attached hydrogen (secondary N) is 1. The van der Waals surface area contributed by atoms with Gasteiger partial charge < -0.3 is 24.3 Å². The highest BCUT2D eigenvalue weighted by Gasteiger charge is 2.40. The Balaban J connectivity index is 1.95. The van der Waals surface area contributed by atoms with Crippen LogP contribution in [0.25, 0.3) is 0 Å². The summed E-state index contributed by atoms with van der Waals surface area (Å²) in [4.78, 5) is 61.1. The minimum Gasteiger partial charge on any atom is -0.365 e. The summed E-state index contributed by atoms with van der Waals surface area (Å²) >= 11 is 0. The largest absolute Gasteiger partial charge is 0.488 e. The number of phosphoric acid groups is 2. The average Bonchev–Trinajstić information content (AvgIpc) is 2.94. The van der Waals surface area contributed by atoms with Crippen LogP contribution in [0.4, 0.5) is 0 Å². The fourth-order valence-electron chi connectivity index (χ4n) is 2.71. The second-order valence-corrected chi connectivity index (χ2v) is 10.9. The first kappa shape index (κ1) is 23.4. The third-order valence-electron chi connectivity index (χ3n) is 3.81. The Morgan fingerprint density at radius 2 is 1.79 bits per heavy atom. The molecule has 1 aromatic heterocycles. The Kier molecular flexibility index (Phi) is 7.05. The number of hydrogen-bond acceptors (Lipinski definition) is 8. The van der Waals surface area contributed by atoms with E-state index in [4.69, 9.17) is 19.4 Å². The molecular formula is C11H19N2O12P3. The van der Waals surface area contributed by atoms with Gasteiger partial charge in [0.15, 0.2) is 0 Å². The molecule has 160 valence electrons. The van der Waals surface area contributed by atoms with Gasteiger partial charge in [-0.1, -0.05) is 0 Å². The van der Waals surface area contributed by atoms with Crippen molar-refractivity contribution in [2.75, 3.05) is 6.35 Å². The van der Waals surface area contributed by atoms with Crippen molar-refractivity contribution in [1.29, 1.82) is 0 Å². The third kappa shape index (κ3) is 6.85. The molecule has 1 aliphatic carbocycles. The number of ether oxygens (including phenoxy) is 1. The highest BCUT2D eigenvalue weighted by Crippen LogP contribution is 2.66. The minimum absolute atomic E-state index is 0.251. The molecule has 2 rings (SSSR count). The maximum absolute atomic E-state index is 11.9. The smallest absolute Gasteiger partial charge is 0.365 e. The molecule has 0 bridgehead atoms. The summed E-state index contributed by atoms with van der Waals surface area (Å²) in [7, 11) is -15.8. The number of H-pyrrole nitrogens is 1. The maximum Gasteiger partial charge on any atom is 0.488 e. The summed E-state index contributed by atoms with van der Waals surface area (Å²) in [6.07, 6.45) is 0.849. The van der Waals surface area contributed by atoms with E-state index in [1.165, 1.54) is 17.7 Å². The molecule has 1 saturated carbocycles. The van der Waals surface area contributed by atoms with Gasteiger partial charge in [-0.25, -0.2) is 18.2 Å². The van der Waals surface area contributed by atoms with Gasteiger partial charge in [-0.3, -0.25) is 18.9 Å². The topological polar surface area (TPSA) is 215 Å². The first-order valence-electron chi connectivity index (χ1n) is 7.74. The van der Waals surface area contributed by atoms with Crippen molar-refractivity contribution in [3.8, 4) is 0 Å². The predicted molar refractivity (Wildman–Crippen MR) is 92.6 cm³/mol. The molecule has 0 saturated heterocycles. The zero-order chi connectivity index (χ0) is 21.3. The quantitative estimate of drug-likeness (QED) is 0.329. The standard InChI is InChI=1S/C11H19N2O12P3/c1-7-5-13(11(15)12-10(7)14)8-2-3-9(4-8)23-6-26(16,17)24-28(21,22)25-27(18,19)20/h5,8-9H,2-4,6H2,1H3,(H,16,17)(H,21,22)(H,12,14,15)(H2,18,19,20)/t8?,9-/m1/s1. The molecule has 28 heavy (non-hydrogen) atoms. The van der Waals surface area contributed by atoms with E-state index < -0.39 is 46.9 Å². The second kappa shape index (κ2) is 8.45. The number of aromatic amines is 1. The Bertz CT molecular complexity index is 980. The molecule has 1 fully saturated rings. The van der Waals surface area contributed by atoms with Crippen molar-refractivity contribution in [2.24, 2.45) is 0 Å². The fourth-order valence-corrected chi connectivity index (χ4v) is 6.05. The minimum atomic E-state index is -5.51. The van der Waals surface area contributed by atoms with E-state index in [-0.39, 0.29) is 12.5 Å². The monoisotopic (exact) mass is 464 g/mol. The van der Waals surface area contributed by atoms with E-state index in [0.29, 0.717) is 18.4 Å². The maximum atomic E-state index is 11.9. The molecule has 4 atom stereocenters. The van der Waals surface area contributed by atoms with Crippen LogP contribution in [0, 0.1) is 6.92 Å². The highest BCUT2D eigenvalue weighted by atomic mass is 31.3. The van der Waals surface area contributed by atoms with E-state index in [9.17, 15) is 28.2 Å². The molecule has 0 aromatic carbocycles. The van der Waals surface area contributed by atoms with Gasteiger partial charge in [0.25, 0.3) is 5.56 Å². The Morgan fingerprint density at radius 3 is 2.39 bits per heavy atom. The van der Waals surface area contributed by atoms with Gasteiger partial charge in [0, 0.05) is 17.8 Å². The van der Waals surface area contributed by atoms with E-state index in [1.54, 1.807) is 0 Å². The molecule has 0 amide bonds. The van der Waals surface area contributed by atoms with Crippen molar-refractivity contribution in [3.05, 3.63) is 32.6 Å². The average molecular weight is 464 g/mol. The molecule has 1 aromatic rings. The Morgan fingerprint density at radius 1 is 1.14 bits per heavy atom. The second-order valence-electron chi connectivity index (χ2n) is 6.12. The molecule has 14 nitrogen and oxygen atoms in total. The predicted octanol–water partition coefficient (Wildman–Crippen LogP) is 0.324. The lowest BCUT2D eigenvalue weighted by molar-refractivity contribution is 0.0767. The van der Waals surface area contributed by atoms with Gasteiger partial charge in [-0.2, -0.15) is 4.31 Å². The Hall–Kier alpha value is -0.910. The van der Waals surface area contributed by atoms with Crippen LogP contribution in [0.2, 0.25) is 0 Å². The van der Waals surface area contributed by atoms with Gasteiger partial charge in [-0.05, 0) is 26.2 Å². The summed E-state index contributed by atoms with van der Waals surface area (Å²) in [5.74, 6) is 0. The summed E-state index contributed by atoms with van der Waals surface area (Å²) < 4.78 is 47.6. The number of aromatic nitrogens is 2. The number of nitrogens with zero attached hydrogens (tertiary/aromatic N) is 1. The van der Waals surface area contributed by atoms with Gasteiger partial charge in [0.1, 0.15) is 6.35 Å². The molecule has 0 spiro atoms. The van der Waals surface area contributed by atoms with E-state index in [0.717, 1.165) is 0 Å². The molecule has 3 unspecified atom stereocenters. The van der Waals surface area contributed by atoms with Crippen LogP contribution in [0.5, 0.6) is 0 Å². The van der Waals surface area contributed by atoms with Gasteiger partial charge in [0.2, 0.25) is 0 Å². The molecule has 5 N–H and O–H groups in total. The van der Waals surface area contributed by atoms with Crippen molar-refractivity contribution >= 4 is 23.2 Å². The van der Waals surface area contributed by atoms with E-state index in [1.807, 2.05) is 0 Å². The summed E-state index contributed by atoms with van der Waals surface area (Å²) in [6, 6.07) is -0.339. The van der Waals surface area contributed by atoms with Crippen LogP contribution in [0.15, 0.2) is 15.8 Å². The van der Waals surface area contributed by atoms with Crippen LogP contribution < -0.4 is 11.2 Å². The van der Waals surface area contributed by atoms with Crippen LogP contribution in [-0.2, 0) is 27.1 Å². The lowest BCUT2D eigenvalue weighted by atomic mass is 10.2. The molecule has 17 heteroatoms. The van der Waals surface area contributed by atoms with Crippen molar-refractivity contribution in [3.63, 3.8) is 0 Å². The van der Waals surface area contributed by atoms with E-state index in [2.05, 4.69) is 13.6 Å². The fraction of sp³-hybridized carbons (Fsp3) is 0.636. The van der Waals surface area contributed by atoms with Crippen molar-refractivity contribution in [1.82, 2.24) is 9.55 Å². The van der Waals surface area contributed by atoms with Crippen molar-refractivity contribution in [2.45, 2.75) is 38.3 Å². The van der Waals surface area contributed by atoms with Gasteiger partial charge in [-0.15, -0.1) is 0 Å². The third-order valence-corrected chi connectivity index (χ3v) is 7.81. The molecular weight excluding hydrogens is 445 g/mol. The molecule has 1 aliphatic rings. The van der Waals surface area contributed by atoms with Crippen LogP contribution in [0.3, 0.4) is 0 Å². The first-order chi connectivity index (χ1) is 12.7. The lowest BCUT2D eigenvalue weighted by Gasteiger charge is -2.19. The zero-order valence-electron chi connectivity index (χ0n) is 14.4. The van der Waals surface area contributed by atoms with Crippen LogP contribution in [0.1, 0.15) is 30.9 Å². The summed E-state index contributed by atoms with van der Waals surface area (Å²) in [5.41, 5.74) is -0.773.